The molecule has 2 aromatic rings. The summed E-state index contributed by atoms with van der Waals surface area (Å²) in [5.41, 5.74) is 1.76. The fourth-order valence-electron chi connectivity index (χ4n) is 2.87. The van der Waals surface area contributed by atoms with Crippen LogP contribution >= 0.6 is 11.6 Å². The number of likely N-dealkylation sites (tertiary alicyclic amines) is 1. The second kappa shape index (κ2) is 8.03. The second-order valence-corrected chi connectivity index (χ2v) is 6.46. The molecule has 1 heterocycles. The second-order valence-electron chi connectivity index (χ2n) is 6.02. The molecule has 1 fully saturated rings. The van der Waals surface area contributed by atoms with Crippen molar-refractivity contribution >= 4 is 34.9 Å². The van der Waals surface area contributed by atoms with Crippen molar-refractivity contribution in [3.63, 3.8) is 0 Å². The minimum absolute atomic E-state index is 0.0126. The van der Waals surface area contributed by atoms with Crippen molar-refractivity contribution in [1.29, 1.82) is 0 Å². The zero-order valence-corrected chi connectivity index (χ0v) is 14.6. The van der Waals surface area contributed by atoms with Gasteiger partial charge in [0.2, 0.25) is 0 Å². The van der Waals surface area contributed by atoms with E-state index in [1.165, 1.54) is 6.42 Å². The van der Waals surface area contributed by atoms with E-state index in [-0.39, 0.29) is 11.9 Å². The van der Waals surface area contributed by atoms with Crippen molar-refractivity contribution in [3.8, 4) is 0 Å². The average molecular weight is 358 g/mol. The standard InChI is InChI=1S/C19H20ClN3O2/c20-15-7-5-9-17(13-15)22-19(25)21-16-8-4-6-14(12-16)18(24)23-10-2-1-3-11-23/h4-9,12-13H,1-3,10-11H2,(H2,21,22,25). The lowest BCUT2D eigenvalue weighted by atomic mass is 10.1. The summed E-state index contributed by atoms with van der Waals surface area (Å²) in [6, 6.07) is 13.5. The fraction of sp³-hybridized carbons (Fsp3) is 0.263. The molecule has 0 aliphatic carbocycles. The van der Waals surface area contributed by atoms with Crippen molar-refractivity contribution < 1.29 is 9.59 Å². The Morgan fingerprint density at radius 3 is 2.20 bits per heavy atom. The molecule has 2 N–H and O–H groups in total. The minimum atomic E-state index is -0.384. The Hall–Kier alpha value is -2.53. The summed E-state index contributed by atoms with van der Waals surface area (Å²) in [7, 11) is 0. The number of nitrogens with zero attached hydrogens (tertiary/aromatic N) is 1. The quantitative estimate of drug-likeness (QED) is 0.842. The number of halogens is 1. The van der Waals surface area contributed by atoms with E-state index in [0.29, 0.717) is 22.0 Å². The molecule has 0 atom stereocenters. The van der Waals surface area contributed by atoms with E-state index in [9.17, 15) is 9.59 Å². The molecule has 0 bridgehead atoms. The van der Waals surface area contributed by atoms with Crippen molar-refractivity contribution in [2.45, 2.75) is 19.3 Å². The maximum absolute atomic E-state index is 12.5. The lowest BCUT2D eigenvalue weighted by molar-refractivity contribution is 0.0724. The van der Waals surface area contributed by atoms with Gasteiger partial charge in [-0.2, -0.15) is 0 Å². The van der Waals surface area contributed by atoms with E-state index >= 15 is 0 Å². The molecular formula is C19H20ClN3O2. The highest BCUT2D eigenvalue weighted by atomic mass is 35.5. The number of hydrogen-bond acceptors (Lipinski definition) is 2. The number of urea groups is 1. The monoisotopic (exact) mass is 357 g/mol. The molecular weight excluding hydrogens is 338 g/mol. The Morgan fingerprint density at radius 2 is 1.52 bits per heavy atom. The smallest absolute Gasteiger partial charge is 0.323 e. The van der Waals surface area contributed by atoms with Crippen molar-refractivity contribution in [2.75, 3.05) is 23.7 Å². The lowest BCUT2D eigenvalue weighted by Gasteiger charge is -2.26. The van der Waals surface area contributed by atoms with Gasteiger partial charge in [-0.1, -0.05) is 23.7 Å². The van der Waals surface area contributed by atoms with Crippen LogP contribution in [0.15, 0.2) is 48.5 Å². The lowest BCUT2D eigenvalue weighted by Crippen LogP contribution is -2.35. The van der Waals surface area contributed by atoms with E-state index in [4.69, 9.17) is 11.6 Å². The van der Waals surface area contributed by atoms with E-state index in [1.54, 1.807) is 48.5 Å². The number of benzene rings is 2. The van der Waals surface area contributed by atoms with Crippen LogP contribution in [-0.4, -0.2) is 29.9 Å². The summed E-state index contributed by atoms with van der Waals surface area (Å²) in [5, 5.41) is 6.01. The van der Waals surface area contributed by atoms with Crippen LogP contribution in [0.2, 0.25) is 5.02 Å². The Kier molecular flexibility index (Phi) is 5.56. The molecule has 1 aliphatic rings. The zero-order chi connectivity index (χ0) is 17.6. The first-order valence-corrected chi connectivity index (χ1v) is 8.72. The van der Waals surface area contributed by atoms with Gasteiger partial charge in [0.05, 0.1) is 0 Å². The fourth-order valence-corrected chi connectivity index (χ4v) is 3.06. The van der Waals surface area contributed by atoms with Gasteiger partial charge >= 0.3 is 6.03 Å². The normalized spacial score (nSPS) is 14.0. The van der Waals surface area contributed by atoms with Gasteiger partial charge in [0.15, 0.2) is 0 Å². The van der Waals surface area contributed by atoms with Crippen LogP contribution in [0.5, 0.6) is 0 Å². The molecule has 3 rings (SSSR count). The molecule has 5 nitrogen and oxygen atoms in total. The summed E-state index contributed by atoms with van der Waals surface area (Å²) in [5.74, 6) is 0.0126. The minimum Gasteiger partial charge on any atom is -0.339 e. The Bertz CT molecular complexity index is 773. The number of amides is 3. The van der Waals surface area contributed by atoms with Gasteiger partial charge in [0.1, 0.15) is 0 Å². The number of anilines is 2. The summed E-state index contributed by atoms with van der Waals surface area (Å²) in [6.07, 6.45) is 3.27. The van der Waals surface area contributed by atoms with Crippen LogP contribution in [0, 0.1) is 0 Å². The van der Waals surface area contributed by atoms with E-state index < -0.39 is 0 Å². The SMILES string of the molecule is O=C(Nc1cccc(Cl)c1)Nc1cccc(C(=O)N2CCCCC2)c1. The number of carbonyl (C=O) groups is 2. The summed E-state index contributed by atoms with van der Waals surface area (Å²) >= 11 is 5.90. The zero-order valence-electron chi connectivity index (χ0n) is 13.8. The molecule has 2 aromatic carbocycles. The maximum Gasteiger partial charge on any atom is 0.323 e. The Labute approximate surface area is 152 Å². The molecule has 1 saturated heterocycles. The average Bonchev–Trinajstić information content (AvgIpc) is 2.62. The van der Waals surface area contributed by atoms with E-state index in [0.717, 1.165) is 25.9 Å². The van der Waals surface area contributed by atoms with Crippen LogP contribution in [0.4, 0.5) is 16.2 Å². The largest absolute Gasteiger partial charge is 0.339 e. The van der Waals surface area contributed by atoms with E-state index in [2.05, 4.69) is 10.6 Å². The highest BCUT2D eigenvalue weighted by Gasteiger charge is 2.18. The molecule has 1 aliphatic heterocycles. The molecule has 0 spiro atoms. The molecule has 0 unspecified atom stereocenters. The highest BCUT2D eigenvalue weighted by Crippen LogP contribution is 2.18. The third kappa shape index (κ3) is 4.73. The molecule has 0 saturated carbocycles. The third-order valence-electron chi connectivity index (χ3n) is 4.09. The van der Waals surface area contributed by atoms with Crippen LogP contribution < -0.4 is 10.6 Å². The van der Waals surface area contributed by atoms with Gasteiger partial charge in [-0.25, -0.2) is 4.79 Å². The predicted octanol–water partition coefficient (Wildman–Crippen LogP) is 4.61. The summed E-state index contributed by atoms with van der Waals surface area (Å²) < 4.78 is 0. The summed E-state index contributed by atoms with van der Waals surface area (Å²) in [6.45, 7) is 1.59. The van der Waals surface area contributed by atoms with Crippen molar-refractivity contribution in [3.05, 3.63) is 59.1 Å². The number of rotatable bonds is 3. The van der Waals surface area contributed by atoms with Gasteiger partial charge < -0.3 is 15.5 Å². The van der Waals surface area contributed by atoms with Crippen molar-refractivity contribution in [1.82, 2.24) is 4.90 Å². The summed E-state index contributed by atoms with van der Waals surface area (Å²) in [4.78, 5) is 26.5. The van der Waals surface area contributed by atoms with Gasteiger partial charge in [-0.05, 0) is 55.7 Å². The predicted molar refractivity (Wildman–Crippen MR) is 100 cm³/mol. The van der Waals surface area contributed by atoms with Crippen molar-refractivity contribution in [2.24, 2.45) is 0 Å². The Balaban J connectivity index is 1.64. The van der Waals surface area contributed by atoms with Crippen LogP contribution in [-0.2, 0) is 0 Å². The Morgan fingerprint density at radius 1 is 0.880 bits per heavy atom. The van der Waals surface area contributed by atoms with Crippen LogP contribution in [0.3, 0.4) is 0 Å². The van der Waals surface area contributed by atoms with Gasteiger partial charge in [0.25, 0.3) is 5.91 Å². The highest BCUT2D eigenvalue weighted by molar-refractivity contribution is 6.30. The number of carbonyl (C=O) groups excluding carboxylic acids is 2. The molecule has 6 heteroatoms. The van der Waals surface area contributed by atoms with Gasteiger partial charge in [-0.15, -0.1) is 0 Å². The molecule has 130 valence electrons. The maximum atomic E-state index is 12.5. The topological polar surface area (TPSA) is 61.4 Å². The molecule has 0 radical (unpaired) electrons. The van der Waals surface area contributed by atoms with E-state index in [1.807, 2.05) is 4.90 Å². The van der Waals surface area contributed by atoms with Gasteiger partial charge in [-0.3, -0.25) is 4.79 Å². The molecule has 25 heavy (non-hydrogen) atoms. The number of hydrogen-bond donors (Lipinski definition) is 2. The van der Waals surface area contributed by atoms with Gasteiger partial charge in [0, 0.05) is 35.1 Å². The van der Waals surface area contributed by atoms with Crippen LogP contribution in [0.1, 0.15) is 29.6 Å². The number of piperidine rings is 1. The molecule has 0 aromatic heterocycles. The third-order valence-corrected chi connectivity index (χ3v) is 4.33. The first-order valence-electron chi connectivity index (χ1n) is 8.35. The number of nitrogens with one attached hydrogen (secondary N) is 2. The first kappa shape index (κ1) is 17.3. The molecule has 3 amide bonds. The van der Waals surface area contributed by atoms with Crippen LogP contribution in [0.25, 0.3) is 0 Å². The first-order chi connectivity index (χ1) is 12.1.